The molecule has 1 unspecified atom stereocenters. The van der Waals surface area contributed by atoms with Crippen molar-refractivity contribution in [1.82, 2.24) is 5.32 Å². The minimum atomic E-state index is -0.624. The lowest BCUT2D eigenvalue weighted by Crippen LogP contribution is -2.26. The zero-order valence-corrected chi connectivity index (χ0v) is 14.3. The van der Waals surface area contributed by atoms with Crippen LogP contribution in [0.15, 0.2) is 42.5 Å². The maximum atomic E-state index is 12.5. The number of carbonyl (C=O) groups excluding carboxylic acids is 2. The first-order chi connectivity index (χ1) is 11.9. The lowest BCUT2D eigenvalue weighted by Gasteiger charge is -2.16. The molecule has 4 N–H and O–H groups in total. The first-order valence-corrected chi connectivity index (χ1v) is 7.63. The van der Waals surface area contributed by atoms with Gasteiger partial charge < -0.3 is 25.8 Å². The minimum absolute atomic E-state index is 0.229. The van der Waals surface area contributed by atoms with E-state index in [2.05, 4.69) is 10.6 Å². The van der Waals surface area contributed by atoms with Crippen molar-refractivity contribution < 1.29 is 19.1 Å². The Morgan fingerprint density at radius 3 is 2.04 bits per heavy atom. The summed E-state index contributed by atoms with van der Waals surface area (Å²) < 4.78 is 10.4. The smallest absolute Gasteiger partial charge is 0.316 e. The molecule has 0 aliphatic heterocycles. The topological polar surface area (TPSA) is 103 Å². The van der Waals surface area contributed by atoms with Crippen LogP contribution in [-0.4, -0.2) is 26.2 Å². The Bertz CT molecular complexity index is 737. The molecule has 0 aliphatic carbocycles. The highest BCUT2D eigenvalue weighted by atomic mass is 16.5. The molecule has 7 nitrogen and oxygen atoms in total. The van der Waals surface area contributed by atoms with Gasteiger partial charge in [0.2, 0.25) is 0 Å². The van der Waals surface area contributed by atoms with Gasteiger partial charge in [0.25, 0.3) is 5.91 Å². The molecule has 0 saturated heterocycles. The largest absolute Gasteiger partial charge is 0.497 e. The van der Waals surface area contributed by atoms with Gasteiger partial charge in [0, 0.05) is 17.3 Å². The third-order valence-corrected chi connectivity index (χ3v) is 3.64. The normalized spacial score (nSPS) is 11.3. The molecule has 0 bridgehead atoms. The van der Waals surface area contributed by atoms with Crippen molar-refractivity contribution >= 4 is 17.6 Å². The maximum Gasteiger partial charge on any atom is 0.316 e. The van der Waals surface area contributed by atoms with Gasteiger partial charge in [0.15, 0.2) is 0 Å². The Labute approximate surface area is 146 Å². The monoisotopic (exact) mass is 343 g/mol. The van der Waals surface area contributed by atoms with E-state index in [9.17, 15) is 9.59 Å². The van der Waals surface area contributed by atoms with E-state index in [1.54, 1.807) is 30.3 Å². The van der Waals surface area contributed by atoms with E-state index in [0.717, 1.165) is 5.56 Å². The van der Waals surface area contributed by atoms with Gasteiger partial charge in [-0.3, -0.25) is 4.79 Å². The first-order valence-electron chi connectivity index (χ1n) is 7.63. The molecular formula is C18H21N3O4. The van der Waals surface area contributed by atoms with Crippen LogP contribution in [0.25, 0.3) is 0 Å². The number of rotatable bonds is 6. The number of urea groups is 1. The first kappa shape index (κ1) is 18.1. The van der Waals surface area contributed by atoms with Crippen LogP contribution < -0.4 is 25.8 Å². The number of hydrogen-bond donors (Lipinski definition) is 3. The summed E-state index contributed by atoms with van der Waals surface area (Å²) in [6, 6.07) is 11.2. The van der Waals surface area contributed by atoms with E-state index < -0.39 is 6.03 Å². The van der Waals surface area contributed by atoms with Crippen LogP contribution in [0.2, 0.25) is 0 Å². The van der Waals surface area contributed by atoms with Crippen LogP contribution in [0.4, 0.5) is 10.5 Å². The van der Waals surface area contributed by atoms with Crippen LogP contribution in [0.5, 0.6) is 11.5 Å². The lowest BCUT2D eigenvalue weighted by atomic mass is 10.1. The van der Waals surface area contributed by atoms with Crippen molar-refractivity contribution in [1.29, 1.82) is 0 Å². The number of nitrogens with two attached hydrogens (primary N) is 1. The molecule has 2 aromatic carbocycles. The van der Waals surface area contributed by atoms with E-state index in [1.807, 2.05) is 19.1 Å². The van der Waals surface area contributed by atoms with Crippen molar-refractivity contribution in [3.63, 3.8) is 0 Å². The number of ether oxygens (including phenoxy) is 2. The van der Waals surface area contributed by atoms with Gasteiger partial charge in [0.1, 0.15) is 11.5 Å². The molecule has 0 radical (unpaired) electrons. The number of primary amides is 1. The van der Waals surface area contributed by atoms with Crippen molar-refractivity contribution in [3.8, 4) is 11.5 Å². The Morgan fingerprint density at radius 2 is 1.56 bits per heavy atom. The Kier molecular flexibility index (Phi) is 5.84. The van der Waals surface area contributed by atoms with Crippen LogP contribution >= 0.6 is 0 Å². The van der Waals surface area contributed by atoms with Crippen LogP contribution in [0.1, 0.15) is 28.9 Å². The standard InChI is InChI=1S/C18H21N3O4/c1-11(12-4-6-14(7-5-12)21-18(19)23)20-17(22)13-8-15(24-2)10-16(9-13)25-3/h4-11H,1-3H3,(H,20,22)(H3,19,21,23). The van der Waals surface area contributed by atoms with E-state index in [1.165, 1.54) is 14.2 Å². The second kappa shape index (κ2) is 8.05. The summed E-state index contributed by atoms with van der Waals surface area (Å²) in [6.07, 6.45) is 0. The van der Waals surface area contributed by atoms with Gasteiger partial charge in [-0.1, -0.05) is 12.1 Å². The lowest BCUT2D eigenvalue weighted by molar-refractivity contribution is 0.0939. The van der Waals surface area contributed by atoms with E-state index in [-0.39, 0.29) is 11.9 Å². The molecule has 2 rings (SSSR count). The number of carbonyl (C=O) groups is 2. The summed E-state index contributed by atoms with van der Waals surface area (Å²) in [4.78, 5) is 23.3. The number of anilines is 1. The van der Waals surface area contributed by atoms with E-state index in [0.29, 0.717) is 22.7 Å². The Balaban J connectivity index is 2.10. The molecule has 0 fully saturated rings. The third-order valence-electron chi connectivity index (χ3n) is 3.64. The zero-order valence-electron chi connectivity index (χ0n) is 14.3. The van der Waals surface area contributed by atoms with Gasteiger partial charge >= 0.3 is 6.03 Å². The van der Waals surface area contributed by atoms with Gasteiger partial charge in [-0.2, -0.15) is 0 Å². The molecule has 2 aromatic rings. The van der Waals surface area contributed by atoms with Gasteiger partial charge in [-0.25, -0.2) is 4.79 Å². The SMILES string of the molecule is COc1cc(OC)cc(C(=O)NC(C)c2ccc(NC(N)=O)cc2)c1. The molecule has 0 heterocycles. The summed E-state index contributed by atoms with van der Waals surface area (Å²) in [5.74, 6) is 0.835. The molecule has 0 saturated carbocycles. The molecule has 132 valence electrons. The summed E-state index contributed by atoms with van der Waals surface area (Å²) in [7, 11) is 3.06. The van der Waals surface area contributed by atoms with Gasteiger partial charge in [0.05, 0.1) is 20.3 Å². The number of hydrogen-bond acceptors (Lipinski definition) is 4. The summed E-state index contributed by atoms with van der Waals surface area (Å²) in [5.41, 5.74) is 6.99. The van der Waals surface area contributed by atoms with Crippen molar-refractivity contribution in [3.05, 3.63) is 53.6 Å². The predicted molar refractivity (Wildman–Crippen MR) is 95.1 cm³/mol. The Hall–Kier alpha value is -3.22. The van der Waals surface area contributed by atoms with Gasteiger partial charge in [-0.05, 0) is 36.8 Å². The molecule has 25 heavy (non-hydrogen) atoms. The van der Waals surface area contributed by atoms with E-state index >= 15 is 0 Å². The molecule has 1 atom stereocenters. The van der Waals surface area contributed by atoms with Crippen molar-refractivity contribution in [2.45, 2.75) is 13.0 Å². The van der Waals surface area contributed by atoms with E-state index in [4.69, 9.17) is 15.2 Å². The number of benzene rings is 2. The molecule has 0 aliphatic rings. The summed E-state index contributed by atoms with van der Waals surface area (Å²) in [5, 5.41) is 5.40. The van der Waals surface area contributed by atoms with Crippen molar-refractivity contribution in [2.75, 3.05) is 19.5 Å². The number of methoxy groups -OCH3 is 2. The van der Waals surface area contributed by atoms with Crippen LogP contribution in [0.3, 0.4) is 0 Å². The highest BCUT2D eigenvalue weighted by Crippen LogP contribution is 2.23. The minimum Gasteiger partial charge on any atom is -0.497 e. The third kappa shape index (κ3) is 4.87. The molecule has 0 spiro atoms. The molecular weight excluding hydrogens is 322 g/mol. The highest BCUT2D eigenvalue weighted by Gasteiger charge is 2.14. The second-order valence-corrected chi connectivity index (χ2v) is 5.41. The average molecular weight is 343 g/mol. The Morgan fingerprint density at radius 1 is 1.00 bits per heavy atom. The number of nitrogens with one attached hydrogen (secondary N) is 2. The fraction of sp³-hybridized carbons (Fsp3) is 0.222. The van der Waals surface area contributed by atoms with Crippen LogP contribution in [-0.2, 0) is 0 Å². The summed E-state index contributed by atoms with van der Waals surface area (Å²) in [6.45, 7) is 1.87. The fourth-order valence-corrected chi connectivity index (χ4v) is 2.30. The zero-order chi connectivity index (χ0) is 18.4. The molecule has 0 aromatic heterocycles. The van der Waals surface area contributed by atoms with Crippen LogP contribution in [0, 0.1) is 0 Å². The highest BCUT2D eigenvalue weighted by molar-refractivity contribution is 5.95. The fourth-order valence-electron chi connectivity index (χ4n) is 2.30. The number of amides is 3. The average Bonchev–Trinajstić information content (AvgIpc) is 2.61. The maximum absolute atomic E-state index is 12.5. The predicted octanol–water partition coefficient (Wildman–Crippen LogP) is 2.69. The second-order valence-electron chi connectivity index (χ2n) is 5.41. The quantitative estimate of drug-likeness (QED) is 0.750. The molecule has 3 amide bonds. The summed E-state index contributed by atoms with van der Waals surface area (Å²) >= 11 is 0. The van der Waals surface area contributed by atoms with Crippen molar-refractivity contribution in [2.24, 2.45) is 5.73 Å². The molecule has 7 heteroatoms. The van der Waals surface area contributed by atoms with Gasteiger partial charge in [-0.15, -0.1) is 0 Å².